The highest BCUT2D eigenvalue weighted by Gasteiger charge is 2.16. The van der Waals surface area contributed by atoms with Crippen LogP contribution in [0.3, 0.4) is 0 Å². The monoisotopic (exact) mass is 214 g/mol. The molecule has 0 aromatic heterocycles. The number of likely N-dealkylation sites (tertiary alicyclic amines) is 1. The molecule has 0 bridgehead atoms. The van der Waals surface area contributed by atoms with Gasteiger partial charge in [0, 0.05) is 25.7 Å². The average molecular weight is 214 g/mol. The van der Waals surface area contributed by atoms with Crippen molar-refractivity contribution >= 4 is 6.03 Å². The topological polar surface area (TPSA) is 52.6 Å². The van der Waals surface area contributed by atoms with Gasteiger partial charge >= 0.3 is 6.03 Å². The highest BCUT2D eigenvalue weighted by Crippen LogP contribution is 2.09. The van der Waals surface area contributed by atoms with Gasteiger partial charge in [-0.1, -0.05) is 12.8 Å². The molecule has 0 spiro atoms. The molecule has 15 heavy (non-hydrogen) atoms. The summed E-state index contributed by atoms with van der Waals surface area (Å²) in [6, 6.07) is 0.0867. The Morgan fingerprint density at radius 3 is 2.47 bits per heavy atom. The summed E-state index contributed by atoms with van der Waals surface area (Å²) in [6.07, 6.45) is 5.31. The predicted molar refractivity (Wildman–Crippen MR) is 59.7 cm³/mol. The van der Waals surface area contributed by atoms with Crippen LogP contribution in [0.25, 0.3) is 0 Å². The lowest BCUT2D eigenvalue weighted by atomic mass is 10.2. The second-order valence-corrected chi connectivity index (χ2v) is 4.26. The van der Waals surface area contributed by atoms with Crippen LogP contribution in [0.5, 0.6) is 0 Å². The maximum absolute atomic E-state index is 11.8. The van der Waals surface area contributed by atoms with E-state index in [1.807, 2.05) is 11.8 Å². The van der Waals surface area contributed by atoms with Crippen molar-refractivity contribution in [1.82, 2.24) is 10.2 Å². The first-order valence-corrected chi connectivity index (χ1v) is 5.90. The number of nitrogens with one attached hydrogen (secondary N) is 1. The molecule has 0 saturated carbocycles. The first-order valence-electron chi connectivity index (χ1n) is 5.90. The van der Waals surface area contributed by atoms with Gasteiger partial charge in [-0.2, -0.15) is 0 Å². The Morgan fingerprint density at radius 1 is 1.33 bits per heavy atom. The maximum atomic E-state index is 11.8. The van der Waals surface area contributed by atoms with Crippen molar-refractivity contribution in [2.24, 2.45) is 0 Å². The molecule has 1 rings (SSSR count). The smallest absolute Gasteiger partial charge is 0.317 e. The van der Waals surface area contributed by atoms with Crippen LogP contribution in [0.1, 0.15) is 39.0 Å². The summed E-state index contributed by atoms with van der Waals surface area (Å²) in [5.41, 5.74) is 0. The molecule has 2 N–H and O–H groups in total. The lowest BCUT2D eigenvalue weighted by Gasteiger charge is -2.23. The van der Waals surface area contributed by atoms with E-state index >= 15 is 0 Å². The molecule has 0 aromatic rings. The minimum atomic E-state index is 0.0258. The number of hydrogen-bond donors (Lipinski definition) is 2. The Balaban J connectivity index is 2.30. The van der Waals surface area contributed by atoms with E-state index in [-0.39, 0.29) is 18.7 Å². The largest absolute Gasteiger partial charge is 0.396 e. The van der Waals surface area contributed by atoms with Gasteiger partial charge in [0.15, 0.2) is 0 Å². The molecule has 1 fully saturated rings. The number of urea groups is 1. The van der Waals surface area contributed by atoms with Crippen molar-refractivity contribution in [2.75, 3.05) is 19.7 Å². The van der Waals surface area contributed by atoms with Crippen molar-refractivity contribution in [3.05, 3.63) is 0 Å². The van der Waals surface area contributed by atoms with Crippen molar-refractivity contribution in [1.29, 1.82) is 0 Å². The van der Waals surface area contributed by atoms with Gasteiger partial charge in [-0.05, 0) is 26.2 Å². The van der Waals surface area contributed by atoms with Crippen LogP contribution in [0.15, 0.2) is 0 Å². The summed E-state index contributed by atoms with van der Waals surface area (Å²) in [5, 5.41) is 11.6. The van der Waals surface area contributed by atoms with Crippen LogP contribution in [0.2, 0.25) is 0 Å². The third kappa shape index (κ3) is 4.51. The second-order valence-electron chi connectivity index (χ2n) is 4.26. The molecule has 2 amide bonds. The number of rotatable bonds is 3. The minimum absolute atomic E-state index is 0.0258. The molecule has 1 aliphatic rings. The summed E-state index contributed by atoms with van der Waals surface area (Å²) in [4.78, 5) is 13.7. The molecule has 88 valence electrons. The first kappa shape index (κ1) is 12.3. The number of aliphatic hydroxyl groups excluding tert-OH is 1. The summed E-state index contributed by atoms with van der Waals surface area (Å²) in [6.45, 7) is 3.79. The highest BCUT2D eigenvalue weighted by molar-refractivity contribution is 5.74. The van der Waals surface area contributed by atoms with E-state index in [4.69, 9.17) is 5.11 Å². The zero-order chi connectivity index (χ0) is 11.1. The molecule has 1 saturated heterocycles. The fourth-order valence-electron chi connectivity index (χ4n) is 1.84. The summed E-state index contributed by atoms with van der Waals surface area (Å²) in [5.74, 6) is 0. The number of nitrogens with zero attached hydrogens (tertiary/aromatic N) is 1. The lowest BCUT2D eigenvalue weighted by molar-refractivity contribution is 0.192. The van der Waals surface area contributed by atoms with Gasteiger partial charge in [0.05, 0.1) is 0 Å². The van der Waals surface area contributed by atoms with Crippen LogP contribution >= 0.6 is 0 Å². The normalized spacial score (nSPS) is 19.5. The van der Waals surface area contributed by atoms with Crippen LogP contribution in [0.4, 0.5) is 4.79 Å². The van der Waals surface area contributed by atoms with Crippen molar-refractivity contribution < 1.29 is 9.90 Å². The van der Waals surface area contributed by atoms with E-state index in [9.17, 15) is 4.79 Å². The average Bonchev–Trinajstić information content (AvgIpc) is 2.45. The molecule has 0 aromatic carbocycles. The van der Waals surface area contributed by atoms with E-state index in [0.29, 0.717) is 6.42 Å². The third-order valence-corrected chi connectivity index (χ3v) is 2.83. The maximum Gasteiger partial charge on any atom is 0.317 e. The Morgan fingerprint density at radius 2 is 1.93 bits per heavy atom. The molecular formula is C11H22N2O2. The highest BCUT2D eigenvalue weighted by atomic mass is 16.3. The Kier molecular flexibility index (Phi) is 5.47. The van der Waals surface area contributed by atoms with Gasteiger partial charge in [0.2, 0.25) is 0 Å². The standard InChI is InChI=1S/C11H22N2O2/c1-10(6-9-14)12-11(15)13-7-4-2-3-5-8-13/h10,14H,2-9H2,1H3,(H,12,15). The van der Waals surface area contributed by atoms with Crippen molar-refractivity contribution in [3.8, 4) is 0 Å². The number of carbonyl (C=O) groups is 1. The van der Waals surface area contributed by atoms with Crippen molar-refractivity contribution in [3.63, 3.8) is 0 Å². The molecule has 1 heterocycles. The van der Waals surface area contributed by atoms with E-state index in [1.165, 1.54) is 12.8 Å². The van der Waals surface area contributed by atoms with Gasteiger partial charge in [0.25, 0.3) is 0 Å². The molecule has 4 heteroatoms. The van der Waals surface area contributed by atoms with Gasteiger partial charge in [-0.25, -0.2) is 4.79 Å². The number of aliphatic hydroxyl groups is 1. The van der Waals surface area contributed by atoms with E-state index in [1.54, 1.807) is 0 Å². The quantitative estimate of drug-likeness (QED) is 0.745. The minimum Gasteiger partial charge on any atom is -0.396 e. The molecular weight excluding hydrogens is 192 g/mol. The van der Waals surface area contributed by atoms with Crippen molar-refractivity contribution in [2.45, 2.75) is 45.1 Å². The lowest BCUT2D eigenvalue weighted by Crippen LogP contribution is -2.44. The van der Waals surface area contributed by atoms with Gasteiger partial charge in [-0.3, -0.25) is 0 Å². The van der Waals surface area contributed by atoms with Gasteiger partial charge in [-0.15, -0.1) is 0 Å². The fraction of sp³-hybridized carbons (Fsp3) is 0.909. The second kappa shape index (κ2) is 6.67. The first-order chi connectivity index (χ1) is 7.24. The van der Waals surface area contributed by atoms with Crippen LogP contribution in [-0.4, -0.2) is 41.8 Å². The van der Waals surface area contributed by atoms with E-state index < -0.39 is 0 Å². The Bertz CT molecular complexity index is 189. The fourth-order valence-corrected chi connectivity index (χ4v) is 1.84. The van der Waals surface area contributed by atoms with Gasteiger partial charge in [0.1, 0.15) is 0 Å². The van der Waals surface area contributed by atoms with Gasteiger partial charge < -0.3 is 15.3 Å². The number of hydrogen-bond acceptors (Lipinski definition) is 2. The molecule has 1 unspecified atom stereocenters. The summed E-state index contributed by atoms with van der Waals surface area (Å²) >= 11 is 0. The zero-order valence-corrected chi connectivity index (χ0v) is 9.54. The zero-order valence-electron chi connectivity index (χ0n) is 9.54. The Hall–Kier alpha value is -0.770. The number of amides is 2. The van der Waals surface area contributed by atoms with Crippen LogP contribution in [0, 0.1) is 0 Å². The summed E-state index contributed by atoms with van der Waals surface area (Å²) < 4.78 is 0. The Labute approximate surface area is 91.6 Å². The summed E-state index contributed by atoms with van der Waals surface area (Å²) in [7, 11) is 0. The molecule has 0 aliphatic carbocycles. The van der Waals surface area contributed by atoms with Crippen LogP contribution < -0.4 is 5.32 Å². The number of carbonyl (C=O) groups excluding carboxylic acids is 1. The molecule has 1 atom stereocenters. The molecule has 0 radical (unpaired) electrons. The van der Waals surface area contributed by atoms with Crippen LogP contribution in [-0.2, 0) is 0 Å². The SMILES string of the molecule is CC(CCO)NC(=O)N1CCCCCC1. The predicted octanol–water partition coefficient (Wildman–Crippen LogP) is 1.34. The molecule has 4 nitrogen and oxygen atoms in total. The third-order valence-electron chi connectivity index (χ3n) is 2.83. The van der Waals surface area contributed by atoms with E-state index in [0.717, 1.165) is 25.9 Å². The molecule has 1 aliphatic heterocycles. The van der Waals surface area contributed by atoms with E-state index in [2.05, 4.69) is 5.32 Å².